The minimum atomic E-state index is -0.200. The number of amides is 2. The van der Waals surface area contributed by atoms with Gasteiger partial charge in [-0.3, -0.25) is 9.59 Å². The van der Waals surface area contributed by atoms with E-state index in [9.17, 15) is 9.59 Å². The quantitative estimate of drug-likeness (QED) is 0.742. The standard InChI is InChI=1S/C14H22N2O3/c17-13-6-5-12(16(13)11-3-1-2-4-11)14(18)15-7-9-19-10-8-15/h11-12H,1-10H2. The van der Waals surface area contributed by atoms with Crippen LogP contribution in [0.2, 0.25) is 0 Å². The van der Waals surface area contributed by atoms with Crippen LogP contribution in [0.15, 0.2) is 0 Å². The first-order valence-corrected chi connectivity index (χ1v) is 7.45. The number of likely N-dealkylation sites (tertiary alicyclic amines) is 1. The summed E-state index contributed by atoms with van der Waals surface area (Å²) in [6.45, 7) is 2.58. The monoisotopic (exact) mass is 266 g/mol. The van der Waals surface area contributed by atoms with Gasteiger partial charge in [0, 0.05) is 25.6 Å². The summed E-state index contributed by atoms with van der Waals surface area (Å²) in [5.74, 6) is 0.319. The van der Waals surface area contributed by atoms with Crippen LogP contribution in [0.3, 0.4) is 0 Å². The fourth-order valence-corrected chi connectivity index (χ4v) is 3.58. The molecule has 0 spiro atoms. The van der Waals surface area contributed by atoms with E-state index in [0.717, 1.165) is 12.8 Å². The Balaban J connectivity index is 1.70. The van der Waals surface area contributed by atoms with E-state index in [1.165, 1.54) is 12.8 Å². The van der Waals surface area contributed by atoms with Gasteiger partial charge in [0.1, 0.15) is 6.04 Å². The molecule has 2 heterocycles. The predicted molar refractivity (Wildman–Crippen MR) is 69.5 cm³/mol. The Kier molecular flexibility index (Phi) is 3.73. The molecule has 5 nitrogen and oxygen atoms in total. The van der Waals surface area contributed by atoms with Gasteiger partial charge in [-0.2, -0.15) is 0 Å². The second-order valence-corrected chi connectivity index (χ2v) is 5.73. The molecule has 0 aromatic heterocycles. The van der Waals surface area contributed by atoms with Crippen molar-refractivity contribution in [1.82, 2.24) is 9.80 Å². The molecule has 0 aromatic carbocycles. The molecular formula is C14H22N2O3. The lowest BCUT2D eigenvalue weighted by molar-refractivity contribution is -0.146. The Hall–Kier alpha value is -1.10. The van der Waals surface area contributed by atoms with Crippen LogP contribution in [0.5, 0.6) is 0 Å². The Morgan fingerprint density at radius 3 is 2.47 bits per heavy atom. The molecule has 3 fully saturated rings. The lowest BCUT2D eigenvalue weighted by Gasteiger charge is -2.35. The van der Waals surface area contributed by atoms with E-state index in [1.807, 2.05) is 9.80 Å². The summed E-state index contributed by atoms with van der Waals surface area (Å²) in [5.41, 5.74) is 0. The maximum atomic E-state index is 12.6. The van der Waals surface area contributed by atoms with Gasteiger partial charge in [-0.05, 0) is 19.3 Å². The fourth-order valence-electron chi connectivity index (χ4n) is 3.58. The highest BCUT2D eigenvalue weighted by atomic mass is 16.5. The zero-order chi connectivity index (χ0) is 13.2. The Morgan fingerprint density at radius 1 is 1.11 bits per heavy atom. The van der Waals surface area contributed by atoms with Gasteiger partial charge in [-0.15, -0.1) is 0 Å². The molecule has 1 saturated carbocycles. The third kappa shape index (κ3) is 2.48. The third-order valence-electron chi connectivity index (χ3n) is 4.58. The first-order chi connectivity index (χ1) is 9.27. The Bertz CT molecular complexity index is 360. The van der Waals surface area contributed by atoms with Gasteiger partial charge in [0.15, 0.2) is 0 Å². The van der Waals surface area contributed by atoms with Crippen LogP contribution in [0.4, 0.5) is 0 Å². The SMILES string of the molecule is O=C(C1CCC(=O)N1C1CCCC1)N1CCOCC1. The first kappa shape index (κ1) is 12.9. The molecule has 1 atom stereocenters. The van der Waals surface area contributed by atoms with E-state index >= 15 is 0 Å². The second kappa shape index (κ2) is 5.49. The van der Waals surface area contributed by atoms with E-state index in [4.69, 9.17) is 4.74 Å². The van der Waals surface area contributed by atoms with E-state index in [2.05, 4.69) is 0 Å². The van der Waals surface area contributed by atoms with Crippen molar-refractivity contribution in [2.45, 2.75) is 50.6 Å². The molecule has 3 aliphatic rings. The van der Waals surface area contributed by atoms with Crippen molar-refractivity contribution >= 4 is 11.8 Å². The zero-order valence-electron chi connectivity index (χ0n) is 11.3. The Morgan fingerprint density at radius 2 is 1.79 bits per heavy atom. The number of ether oxygens (including phenoxy) is 1. The molecule has 106 valence electrons. The van der Waals surface area contributed by atoms with Gasteiger partial charge in [-0.1, -0.05) is 12.8 Å². The van der Waals surface area contributed by atoms with Gasteiger partial charge in [0.25, 0.3) is 0 Å². The number of carbonyl (C=O) groups is 2. The Labute approximate surface area is 113 Å². The summed E-state index contributed by atoms with van der Waals surface area (Å²) >= 11 is 0. The summed E-state index contributed by atoms with van der Waals surface area (Å²) < 4.78 is 5.29. The zero-order valence-corrected chi connectivity index (χ0v) is 11.3. The molecule has 0 N–H and O–H groups in total. The van der Waals surface area contributed by atoms with Crippen LogP contribution in [0.25, 0.3) is 0 Å². The fraction of sp³-hybridized carbons (Fsp3) is 0.857. The van der Waals surface area contributed by atoms with Crippen molar-refractivity contribution in [3.8, 4) is 0 Å². The smallest absolute Gasteiger partial charge is 0.245 e. The molecule has 2 saturated heterocycles. The molecule has 0 radical (unpaired) electrons. The molecule has 0 bridgehead atoms. The van der Waals surface area contributed by atoms with Crippen LogP contribution in [-0.4, -0.2) is 60.0 Å². The van der Waals surface area contributed by atoms with Gasteiger partial charge < -0.3 is 14.5 Å². The molecular weight excluding hydrogens is 244 g/mol. The average Bonchev–Trinajstić information content (AvgIpc) is 3.08. The highest BCUT2D eigenvalue weighted by Gasteiger charge is 2.42. The van der Waals surface area contributed by atoms with Crippen LogP contribution in [0.1, 0.15) is 38.5 Å². The first-order valence-electron chi connectivity index (χ1n) is 7.45. The van der Waals surface area contributed by atoms with Crippen LogP contribution < -0.4 is 0 Å². The van der Waals surface area contributed by atoms with Crippen LogP contribution >= 0.6 is 0 Å². The van der Waals surface area contributed by atoms with E-state index in [0.29, 0.717) is 45.2 Å². The van der Waals surface area contributed by atoms with E-state index in [-0.39, 0.29) is 17.9 Å². The lowest BCUT2D eigenvalue weighted by Crippen LogP contribution is -2.52. The molecule has 2 amide bonds. The number of rotatable bonds is 2. The topological polar surface area (TPSA) is 49.9 Å². The number of morpholine rings is 1. The lowest BCUT2D eigenvalue weighted by atomic mass is 10.1. The predicted octanol–water partition coefficient (Wildman–Crippen LogP) is 0.779. The van der Waals surface area contributed by atoms with Gasteiger partial charge in [-0.25, -0.2) is 0 Å². The minimum absolute atomic E-state index is 0.140. The van der Waals surface area contributed by atoms with E-state index < -0.39 is 0 Å². The molecule has 19 heavy (non-hydrogen) atoms. The van der Waals surface area contributed by atoms with Gasteiger partial charge >= 0.3 is 0 Å². The number of nitrogens with zero attached hydrogens (tertiary/aromatic N) is 2. The molecule has 0 aromatic rings. The second-order valence-electron chi connectivity index (χ2n) is 5.73. The summed E-state index contributed by atoms with van der Waals surface area (Å²) in [4.78, 5) is 28.5. The van der Waals surface area contributed by atoms with Gasteiger partial charge in [0.05, 0.1) is 13.2 Å². The molecule has 3 rings (SSSR count). The minimum Gasteiger partial charge on any atom is -0.378 e. The van der Waals surface area contributed by atoms with Gasteiger partial charge in [0.2, 0.25) is 11.8 Å². The highest BCUT2D eigenvalue weighted by molar-refractivity contribution is 5.91. The van der Waals surface area contributed by atoms with Crippen molar-refractivity contribution in [3.63, 3.8) is 0 Å². The van der Waals surface area contributed by atoms with Crippen molar-refractivity contribution in [2.24, 2.45) is 0 Å². The van der Waals surface area contributed by atoms with Crippen LogP contribution in [-0.2, 0) is 14.3 Å². The van der Waals surface area contributed by atoms with Crippen molar-refractivity contribution in [1.29, 1.82) is 0 Å². The summed E-state index contributed by atoms with van der Waals surface area (Å²) in [7, 11) is 0. The molecule has 2 aliphatic heterocycles. The third-order valence-corrected chi connectivity index (χ3v) is 4.58. The van der Waals surface area contributed by atoms with Crippen LogP contribution in [0, 0.1) is 0 Å². The van der Waals surface area contributed by atoms with Crippen molar-refractivity contribution in [3.05, 3.63) is 0 Å². The summed E-state index contributed by atoms with van der Waals surface area (Å²) in [5, 5.41) is 0. The number of hydrogen-bond acceptors (Lipinski definition) is 3. The van der Waals surface area contributed by atoms with Crippen molar-refractivity contribution in [2.75, 3.05) is 26.3 Å². The summed E-state index contributed by atoms with van der Waals surface area (Å²) in [6, 6.07) is 0.110. The molecule has 1 aliphatic carbocycles. The van der Waals surface area contributed by atoms with E-state index in [1.54, 1.807) is 0 Å². The largest absolute Gasteiger partial charge is 0.378 e. The highest BCUT2D eigenvalue weighted by Crippen LogP contribution is 2.31. The maximum absolute atomic E-state index is 12.6. The summed E-state index contributed by atoms with van der Waals surface area (Å²) in [6.07, 6.45) is 5.75. The molecule has 5 heteroatoms. The number of carbonyl (C=O) groups excluding carboxylic acids is 2. The number of hydrogen-bond donors (Lipinski definition) is 0. The van der Waals surface area contributed by atoms with Crippen molar-refractivity contribution < 1.29 is 14.3 Å². The molecule has 1 unspecified atom stereocenters. The average molecular weight is 266 g/mol. The maximum Gasteiger partial charge on any atom is 0.245 e. The normalized spacial score (nSPS) is 29.3.